The van der Waals surface area contributed by atoms with Crippen molar-refractivity contribution in [3.63, 3.8) is 0 Å². The van der Waals surface area contributed by atoms with Crippen LogP contribution < -0.4 is 10.9 Å². The summed E-state index contributed by atoms with van der Waals surface area (Å²) in [5.74, 6) is 0. The average molecular weight is 394 g/mol. The lowest BCUT2D eigenvalue weighted by Crippen LogP contribution is -1.86. The normalized spacial score (nSPS) is 10.3. The zero-order valence-electron chi connectivity index (χ0n) is 15.9. The monoisotopic (exact) mass is 394 g/mol. The Balaban J connectivity index is 1.50. The predicted octanol–water partition coefficient (Wildman–Crippen LogP) is 6.87. The molecule has 2 N–H and O–H groups in total. The van der Waals surface area contributed by atoms with Gasteiger partial charge in [0.1, 0.15) is 0 Å². The first-order valence-corrected chi connectivity index (χ1v) is 9.35. The van der Waals surface area contributed by atoms with Crippen molar-refractivity contribution in [1.82, 2.24) is 0 Å². The molecule has 0 aliphatic heterocycles. The van der Waals surface area contributed by atoms with E-state index in [1.54, 1.807) is 0 Å². The second-order valence-electron chi connectivity index (χ2n) is 6.72. The van der Waals surface area contributed by atoms with Crippen LogP contribution >= 0.6 is 0 Å². The molecule has 0 heterocycles. The lowest BCUT2D eigenvalue weighted by molar-refractivity contribution is 1.32. The average Bonchev–Trinajstić information content (AvgIpc) is 2.81. The molecule has 4 rings (SSSR count). The summed E-state index contributed by atoms with van der Waals surface area (Å²) in [4.78, 5) is 20.5. The summed E-state index contributed by atoms with van der Waals surface area (Å²) in [6.07, 6.45) is 0. The molecule has 0 saturated heterocycles. The minimum atomic E-state index is 0.664. The molecule has 4 aromatic carbocycles. The van der Waals surface area contributed by atoms with E-state index in [4.69, 9.17) is 0 Å². The van der Waals surface area contributed by atoms with E-state index in [9.17, 15) is 9.81 Å². The molecule has 0 saturated carbocycles. The Hall–Kier alpha value is -4.32. The van der Waals surface area contributed by atoms with E-state index in [1.165, 1.54) is 0 Å². The third-order valence-corrected chi connectivity index (χ3v) is 4.89. The molecule has 0 unspecified atom stereocenters. The molecule has 146 valence electrons. The molecule has 0 amide bonds. The third kappa shape index (κ3) is 4.23. The zero-order chi connectivity index (χ0) is 20.8. The minimum Gasteiger partial charge on any atom is -0.242 e. The first kappa shape index (κ1) is 19.0. The van der Waals surface area contributed by atoms with Crippen LogP contribution in [-0.2, 0) is 0 Å². The van der Waals surface area contributed by atoms with Crippen molar-refractivity contribution >= 4 is 11.4 Å². The number of rotatable bonds is 7. The fourth-order valence-corrected chi connectivity index (χ4v) is 3.29. The molecule has 0 atom stereocenters. The second-order valence-corrected chi connectivity index (χ2v) is 6.72. The van der Waals surface area contributed by atoms with Crippen molar-refractivity contribution in [3.05, 3.63) is 107 Å². The smallest absolute Gasteiger partial charge is 0.0594 e. The highest BCUT2D eigenvalue weighted by Gasteiger charge is 2.03. The van der Waals surface area contributed by atoms with Gasteiger partial charge in [0.15, 0.2) is 0 Å². The molecule has 0 radical (unpaired) electrons. The largest absolute Gasteiger partial charge is 0.242 e. The Bertz CT molecular complexity index is 1040. The zero-order valence-corrected chi connectivity index (χ0v) is 15.9. The molecule has 0 aliphatic carbocycles. The van der Waals surface area contributed by atoms with Gasteiger partial charge >= 0.3 is 0 Å². The molecule has 0 aromatic heterocycles. The molecule has 6 nitrogen and oxygen atoms in total. The first-order valence-electron chi connectivity index (χ1n) is 9.35. The Labute approximate surface area is 173 Å². The summed E-state index contributed by atoms with van der Waals surface area (Å²) in [6, 6.07) is 31.8. The molecule has 30 heavy (non-hydrogen) atoms. The van der Waals surface area contributed by atoms with Gasteiger partial charge in [-0.25, -0.2) is 10.9 Å². The van der Waals surface area contributed by atoms with Crippen LogP contribution in [0.25, 0.3) is 33.4 Å². The van der Waals surface area contributed by atoms with Gasteiger partial charge in [-0.3, -0.25) is 0 Å². The highest BCUT2D eigenvalue weighted by Crippen LogP contribution is 2.28. The van der Waals surface area contributed by atoms with Crippen LogP contribution in [0, 0.1) is 9.81 Å². The maximum atomic E-state index is 10.3. The molecule has 0 bridgehead atoms. The third-order valence-electron chi connectivity index (χ3n) is 4.89. The van der Waals surface area contributed by atoms with Crippen LogP contribution in [0.15, 0.2) is 108 Å². The topological polar surface area (TPSA) is 82.9 Å². The van der Waals surface area contributed by atoms with Gasteiger partial charge in [-0.2, -0.15) is 0 Å². The number of nitrogens with one attached hydrogen (secondary N) is 2. The minimum absolute atomic E-state index is 0.664. The highest BCUT2D eigenvalue weighted by molar-refractivity contribution is 5.74. The maximum absolute atomic E-state index is 10.3. The fraction of sp³-hybridized carbons (Fsp3) is 0. The standard InChI is InChI=1S/C24H18N4O2/c29-27-25-23-13-9-21(10-14-23)19-5-1-17(2-6-19)18-3-7-20(8-4-18)22-11-15-24(16-12-22)26-28-30/h1-16H,(H,25,29)(H,26,30). The van der Waals surface area contributed by atoms with Crippen LogP contribution in [-0.4, -0.2) is 0 Å². The first-order chi connectivity index (χ1) is 14.8. The van der Waals surface area contributed by atoms with Gasteiger partial charge in [0, 0.05) is 0 Å². The van der Waals surface area contributed by atoms with Gasteiger partial charge in [0.25, 0.3) is 0 Å². The van der Waals surface area contributed by atoms with Gasteiger partial charge in [0.2, 0.25) is 0 Å². The molecule has 0 spiro atoms. The van der Waals surface area contributed by atoms with Crippen LogP contribution in [0.2, 0.25) is 0 Å². The van der Waals surface area contributed by atoms with E-state index < -0.39 is 0 Å². The molecule has 4 aromatic rings. The summed E-state index contributed by atoms with van der Waals surface area (Å²) >= 11 is 0. The van der Waals surface area contributed by atoms with Crippen molar-refractivity contribution in [2.24, 2.45) is 10.6 Å². The number of benzene rings is 4. The summed E-state index contributed by atoms with van der Waals surface area (Å²) in [7, 11) is 0. The summed E-state index contributed by atoms with van der Waals surface area (Å²) in [5, 5.41) is 5.34. The van der Waals surface area contributed by atoms with Crippen LogP contribution in [0.1, 0.15) is 0 Å². The van der Waals surface area contributed by atoms with E-state index in [1.807, 2.05) is 48.5 Å². The Morgan fingerprint density at radius 3 is 0.767 bits per heavy atom. The predicted molar refractivity (Wildman–Crippen MR) is 122 cm³/mol. The van der Waals surface area contributed by atoms with E-state index in [2.05, 4.69) is 70.0 Å². The number of anilines is 2. The van der Waals surface area contributed by atoms with E-state index in [0.717, 1.165) is 33.4 Å². The van der Waals surface area contributed by atoms with Crippen molar-refractivity contribution in [1.29, 1.82) is 0 Å². The van der Waals surface area contributed by atoms with Crippen molar-refractivity contribution in [2.75, 3.05) is 10.9 Å². The molecule has 0 fully saturated rings. The highest BCUT2D eigenvalue weighted by atomic mass is 16.3. The van der Waals surface area contributed by atoms with Gasteiger partial charge < -0.3 is 0 Å². The summed E-state index contributed by atoms with van der Waals surface area (Å²) < 4.78 is 0. The lowest BCUT2D eigenvalue weighted by Gasteiger charge is -2.08. The van der Waals surface area contributed by atoms with Gasteiger partial charge in [0.05, 0.1) is 21.9 Å². The Kier molecular flexibility index (Phi) is 5.57. The van der Waals surface area contributed by atoms with Gasteiger partial charge in [-0.05, 0) is 57.6 Å². The van der Waals surface area contributed by atoms with E-state index in [0.29, 0.717) is 11.4 Å². The number of nitroso groups, excluding NO2 is 2. The van der Waals surface area contributed by atoms with E-state index >= 15 is 0 Å². The summed E-state index contributed by atoms with van der Waals surface area (Å²) in [5.41, 5.74) is 12.7. The van der Waals surface area contributed by atoms with E-state index in [-0.39, 0.29) is 0 Å². The number of nitrogens with zero attached hydrogens (tertiary/aromatic N) is 2. The van der Waals surface area contributed by atoms with Crippen molar-refractivity contribution in [2.45, 2.75) is 0 Å². The van der Waals surface area contributed by atoms with Crippen molar-refractivity contribution < 1.29 is 0 Å². The fourth-order valence-electron chi connectivity index (χ4n) is 3.29. The van der Waals surface area contributed by atoms with Gasteiger partial charge in [-0.15, -0.1) is 9.81 Å². The van der Waals surface area contributed by atoms with Crippen molar-refractivity contribution in [3.8, 4) is 33.4 Å². The lowest BCUT2D eigenvalue weighted by atomic mass is 9.98. The maximum Gasteiger partial charge on any atom is 0.0594 e. The molecular weight excluding hydrogens is 376 g/mol. The molecule has 0 aliphatic rings. The molecular formula is C24H18N4O2. The Morgan fingerprint density at radius 2 is 0.567 bits per heavy atom. The van der Waals surface area contributed by atoms with Crippen LogP contribution in [0.5, 0.6) is 0 Å². The van der Waals surface area contributed by atoms with Gasteiger partial charge in [-0.1, -0.05) is 72.8 Å². The number of hydrogen-bond acceptors (Lipinski definition) is 4. The Morgan fingerprint density at radius 1 is 0.367 bits per heavy atom. The van der Waals surface area contributed by atoms with Crippen LogP contribution in [0.4, 0.5) is 11.4 Å². The quantitative estimate of drug-likeness (QED) is 0.264. The SMILES string of the molecule is O=NNc1ccc(-c2ccc(-c3ccc(-c4ccc(NN=O)cc4)cc3)cc2)cc1. The number of hydrogen-bond donors (Lipinski definition) is 2. The van der Waals surface area contributed by atoms with Crippen LogP contribution in [0.3, 0.4) is 0 Å². The molecule has 6 heteroatoms. The summed E-state index contributed by atoms with van der Waals surface area (Å²) in [6.45, 7) is 0. The second kappa shape index (κ2) is 8.79.